The molecule has 0 atom stereocenters. The second-order valence-electron chi connectivity index (χ2n) is 14.8. The predicted molar refractivity (Wildman–Crippen MR) is 202 cm³/mol. The van der Waals surface area contributed by atoms with Crippen LogP contribution in [0.5, 0.6) is 0 Å². The number of urea groups is 1. The number of piperidine rings is 1. The summed E-state index contributed by atoms with van der Waals surface area (Å²) in [4.78, 5) is 50.2. The highest BCUT2D eigenvalue weighted by atomic mass is 16.2. The number of likely N-dealkylation sites (tertiary alicyclic amines) is 1. The fraction of sp³-hybridized carbons (Fsp3) is 0.350. The van der Waals surface area contributed by atoms with E-state index < -0.39 is 6.03 Å². The Morgan fingerprint density at radius 2 is 1.78 bits per heavy atom. The van der Waals surface area contributed by atoms with E-state index in [1.165, 1.54) is 35.3 Å². The number of fused-ring (bicyclic) bond motifs is 3. The molecular weight excluding hydrogens is 683 g/mol. The SMILES string of the molecule is N#Cc1cnc2c(C(=O)Nc3ccc4nn(C5CCC(CN6CCC(c7ccc8c(N9CCC(=O)NC9=O)cncc8c7)CC6)CC5)cc4c3)cnn2c1. The van der Waals surface area contributed by atoms with Crippen LogP contribution in [0.3, 0.4) is 0 Å². The molecule has 2 N–H and O–H groups in total. The summed E-state index contributed by atoms with van der Waals surface area (Å²) >= 11 is 0. The van der Waals surface area contributed by atoms with Crippen molar-refractivity contribution in [2.45, 2.75) is 56.9 Å². The fourth-order valence-electron chi connectivity index (χ4n) is 8.45. The van der Waals surface area contributed by atoms with Crippen LogP contribution in [-0.4, -0.2) is 78.3 Å². The Hall–Kier alpha value is -6.20. The number of amides is 4. The van der Waals surface area contributed by atoms with Crippen LogP contribution >= 0.6 is 0 Å². The molecular formula is C40H39N11O3. The summed E-state index contributed by atoms with van der Waals surface area (Å²) < 4.78 is 3.55. The van der Waals surface area contributed by atoms with Gasteiger partial charge in [-0.25, -0.2) is 14.3 Å². The molecule has 1 saturated carbocycles. The molecule has 0 unspecified atom stereocenters. The monoisotopic (exact) mass is 721 g/mol. The van der Waals surface area contributed by atoms with E-state index in [-0.39, 0.29) is 18.2 Å². The van der Waals surface area contributed by atoms with Gasteiger partial charge in [-0.2, -0.15) is 15.5 Å². The van der Waals surface area contributed by atoms with Gasteiger partial charge in [-0.05, 0) is 93.3 Å². The van der Waals surface area contributed by atoms with Gasteiger partial charge in [-0.1, -0.05) is 12.1 Å². The van der Waals surface area contributed by atoms with Gasteiger partial charge in [-0.3, -0.25) is 29.5 Å². The van der Waals surface area contributed by atoms with Crippen LogP contribution in [0.1, 0.15) is 78.4 Å². The number of nitrogens with one attached hydrogen (secondary N) is 2. The number of anilines is 2. The van der Waals surface area contributed by atoms with Crippen LogP contribution in [0.2, 0.25) is 0 Å². The van der Waals surface area contributed by atoms with Crippen LogP contribution in [-0.2, 0) is 4.79 Å². The second-order valence-corrected chi connectivity index (χ2v) is 14.8. The van der Waals surface area contributed by atoms with Gasteiger partial charge in [-0.15, -0.1) is 0 Å². The van der Waals surface area contributed by atoms with Crippen LogP contribution in [0.4, 0.5) is 16.2 Å². The normalized spacial score (nSPS) is 20.0. The van der Waals surface area contributed by atoms with E-state index >= 15 is 0 Å². The summed E-state index contributed by atoms with van der Waals surface area (Å²) in [6.45, 7) is 3.66. The van der Waals surface area contributed by atoms with Gasteiger partial charge in [0, 0.05) is 59.9 Å². The van der Waals surface area contributed by atoms with Gasteiger partial charge in [0.15, 0.2) is 5.65 Å². The Bertz CT molecular complexity index is 2470. The lowest BCUT2D eigenvalue weighted by atomic mass is 9.84. The van der Waals surface area contributed by atoms with Crippen molar-refractivity contribution >= 4 is 56.5 Å². The number of carbonyl (C=O) groups excluding carboxylic acids is 3. The van der Waals surface area contributed by atoms with Crippen molar-refractivity contribution in [2.75, 3.05) is 36.4 Å². The van der Waals surface area contributed by atoms with Crippen molar-refractivity contribution in [1.29, 1.82) is 5.26 Å². The number of pyridine rings is 1. The van der Waals surface area contributed by atoms with E-state index in [9.17, 15) is 14.4 Å². The number of imide groups is 1. The van der Waals surface area contributed by atoms with E-state index in [4.69, 9.17) is 10.4 Å². The average Bonchev–Trinajstić information content (AvgIpc) is 3.82. The van der Waals surface area contributed by atoms with Crippen molar-refractivity contribution in [2.24, 2.45) is 5.92 Å². The molecule has 54 heavy (non-hydrogen) atoms. The minimum absolute atomic E-state index is 0.242. The lowest BCUT2D eigenvalue weighted by Crippen LogP contribution is -2.49. The molecule has 14 heteroatoms. The van der Waals surface area contributed by atoms with Crippen molar-refractivity contribution in [3.8, 4) is 6.07 Å². The average molecular weight is 722 g/mol. The minimum atomic E-state index is -0.392. The molecule has 0 bridgehead atoms. The Labute approximate surface area is 310 Å². The molecule has 6 heterocycles. The predicted octanol–water partition coefficient (Wildman–Crippen LogP) is 5.81. The number of nitrogens with zero attached hydrogens (tertiary/aromatic N) is 9. The maximum Gasteiger partial charge on any atom is 0.328 e. The van der Waals surface area contributed by atoms with Crippen molar-refractivity contribution in [3.05, 3.63) is 90.3 Å². The maximum atomic E-state index is 13.1. The molecule has 4 amide bonds. The van der Waals surface area contributed by atoms with Crippen LogP contribution in [0.25, 0.3) is 27.3 Å². The third-order valence-electron chi connectivity index (χ3n) is 11.4. The topological polar surface area (TPSA) is 166 Å². The third-order valence-corrected chi connectivity index (χ3v) is 11.4. The lowest BCUT2D eigenvalue weighted by Gasteiger charge is -2.37. The van der Waals surface area contributed by atoms with Crippen molar-refractivity contribution in [1.82, 2.24) is 39.6 Å². The molecule has 1 aliphatic carbocycles. The molecule has 4 aromatic heterocycles. The summed E-state index contributed by atoms with van der Waals surface area (Å²) in [5, 5.41) is 26.5. The number of hydrogen-bond acceptors (Lipinski definition) is 9. The van der Waals surface area contributed by atoms with E-state index in [1.54, 1.807) is 17.3 Å². The van der Waals surface area contributed by atoms with Crippen molar-refractivity contribution in [3.63, 3.8) is 0 Å². The molecule has 2 aromatic carbocycles. The van der Waals surface area contributed by atoms with Gasteiger partial charge in [0.1, 0.15) is 11.6 Å². The number of rotatable bonds is 7. The highest BCUT2D eigenvalue weighted by Crippen LogP contribution is 2.36. The number of aromatic nitrogens is 6. The zero-order valence-corrected chi connectivity index (χ0v) is 29.7. The molecule has 0 spiro atoms. The van der Waals surface area contributed by atoms with Crippen LogP contribution in [0.15, 0.2) is 73.6 Å². The molecule has 2 saturated heterocycles. The van der Waals surface area contributed by atoms with Crippen LogP contribution < -0.4 is 15.5 Å². The molecule has 2 aliphatic heterocycles. The summed E-state index contributed by atoms with van der Waals surface area (Å²) in [6.07, 6.45) is 17.2. The zero-order chi connectivity index (χ0) is 36.8. The zero-order valence-electron chi connectivity index (χ0n) is 29.7. The first-order valence-electron chi connectivity index (χ1n) is 18.6. The quantitative estimate of drug-likeness (QED) is 0.207. The van der Waals surface area contributed by atoms with E-state index in [0.717, 1.165) is 72.7 Å². The molecule has 3 aliphatic rings. The first-order chi connectivity index (χ1) is 26.4. The highest BCUT2D eigenvalue weighted by Gasteiger charge is 2.29. The molecule has 14 nitrogen and oxygen atoms in total. The summed E-state index contributed by atoms with van der Waals surface area (Å²) in [7, 11) is 0. The second kappa shape index (κ2) is 14.0. The van der Waals surface area contributed by atoms with Crippen molar-refractivity contribution < 1.29 is 14.4 Å². The smallest absolute Gasteiger partial charge is 0.322 e. The maximum absolute atomic E-state index is 13.1. The highest BCUT2D eigenvalue weighted by molar-refractivity contribution is 6.10. The number of benzene rings is 2. The molecule has 9 rings (SSSR count). The Kier molecular flexibility index (Phi) is 8.70. The summed E-state index contributed by atoms with van der Waals surface area (Å²) in [6, 6.07) is 14.3. The third kappa shape index (κ3) is 6.51. The summed E-state index contributed by atoms with van der Waals surface area (Å²) in [5.41, 5.74) is 4.72. The van der Waals surface area contributed by atoms with Gasteiger partial charge >= 0.3 is 6.03 Å². The first-order valence-corrected chi connectivity index (χ1v) is 18.6. The van der Waals surface area contributed by atoms with Gasteiger partial charge in [0.25, 0.3) is 5.91 Å². The number of carbonyl (C=O) groups is 3. The van der Waals surface area contributed by atoms with Gasteiger partial charge < -0.3 is 10.2 Å². The largest absolute Gasteiger partial charge is 0.328 e. The Balaban J connectivity index is 0.772. The van der Waals surface area contributed by atoms with E-state index in [2.05, 4.69) is 59.7 Å². The van der Waals surface area contributed by atoms with Gasteiger partial charge in [0.2, 0.25) is 5.91 Å². The van der Waals surface area contributed by atoms with E-state index in [1.807, 2.05) is 30.5 Å². The van der Waals surface area contributed by atoms with Gasteiger partial charge in [0.05, 0.1) is 41.4 Å². The Morgan fingerprint density at radius 3 is 2.59 bits per heavy atom. The number of hydrogen-bond donors (Lipinski definition) is 2. The molecule has 0 radical (unpaired) electrons. The number of nitriles is 1. The van der Waals surface area contributed by atoms with E-state index in [0.29, 0.717) is 46.9 Å². The first kappa shape index (κ1) is 33.6. The summed E-state index contributed by atoms with van der Waals surface area (Å²) in [5.74, 6) is 0.611. The molecule has 6 aromatic rings. The molecule has 3 fully saturated rings. The minimum Gasteiger partial charge on any atom is -0.322 e. The standard InChI is InChI=1S/C40H39N11O3/c41-17-26-18-43-38-34(20-44-51(38)23-26)39(53)45-31-4-8-35-30(16-31)24-50(47-35)32-5-1-25(2-6-32)22-48-12-9-27(10-13-48)28-3-7-33-29(15-28)19-42-21-36(33)49-14-11-37(52)46-40(49)54/h3-4,7-8,15-16,18-21,23-25,27,32H,1-2,5-6,9-14,22H2,(H,45,53)(H,46,52,54). The van der Waals surface area contributed by atoms with Crippen LogP contribution in [0, 0.1) is 17.2 Å². The molecule has 272 valence electrons. The lowest BCUT2D eigenvalue weighted by molar-refractivity contribution is -0.120. The fourth-order valence-corrected chi connectivity index (χ4v) is 8.45. The Morgan fingerprint density at radius 1 is 0.926 bits per heavy atom.